The molecule has 0 fully saturated rings. The van der Waals surface area contributed by atoms with Gasteiger partial charge in [0.15, 0.2) is 11.2 Å². The molecule has 0 aromatic carbocycles. The van der Waals surface area contributed by atoms with Crippen LogP contribution in [-0.2, 0) is 0 Å². The molecule has 0 aliphatic heterocycles. The summed E-state index contributed by atoms with van der Waals surface area (Å²) in [5.74, 6) is -2.06. The Bertz CT molecular complexity index is 505. The van der Waals surface area contributed by atoms with Crippen molar-refractivity contribution in [1.82, 2.24) is 4.90 Å². The molecule has 0 saturated heterocycles. The maximum atomic E-state index is 13.1. The lowest BCUT2D eigenvalue weighted by atomic mass is 9.74. The fourth-order valence-corrected chi connectivity index (χ4v) is 4.26. The summed E-state index contributed by atoms with van der Waals surface area (Å²) in [5, 5.41) is 19.8. The Morgan fingerprint density at radius 2 is 0.867 bits per heavy atom. The maximum absolute atomic E-state index is 13.1. The van der Waals surface area contributed by atoms with Gasteiger partial charge in [0.1, 0.15) is 0 Å². The largest absolute Gasteiger partial charge is 0.417 e. The van der Waals surface area contributed by atoms with Crippen LogP contribution in [0.5, 0.6) is 0 Å². The van der Waals surface area contributed by atoms with E-state index in [0.29, 0.717) is 13.1 Å². The van der Waals surface area contributed by atoms with Crippen molar-refractivity contribution in [2.45, 2.75) is 91.8 Å². The smallest absolute Gasteiger partial charge is 0.380 e. The Kier molecular flexibility index (Phi) is 8.97. The number of alkyl halides is 6. The van der Waals surface area contributed by atoms with Crippen molar-refractivity contribution in [3.05, 3.63) is 0 Å². The van der Waals surface area contributed by atoms with Crippen molar-refractivity contribution in [2.24, 2.45) is 22.7 Å². The van der Waals surface area contributed by atoms with E-state index in [2.05, 4.69) is 0 Å². The van der Waals surface area contributed by atoms with Gasteiger partial charge in [-0.25, -0.2) is 0 Å². The fourth-order valence-electron chi connectivity index (χ4n) is 4.26. The molecule has 4 unspecified atom stereocenters. The topological polar surface area (TPSA) is 43.7 Å². The molecule has 0 radical (unpaired) electrons. The molecule has 2 N–H and O–H groups in total. The van der Waals surface area contributed by atoms with Gasteiger partial charge >= 0.3 is 12.4 Å². The lowest BCUT2D eigenvalue weighted by molar-refractivity contribution is -0.272. The number of hydrogen-bond acceptors (Lipinski definition) is 3. The third-order valence-electron chi connectivity index (χ3n) is 6.18. The van der Waals surface area contributed by atoms with Crippen LogP contribution in [0.1, 0.15) is 68.2 Å². The molecule has 3 nitrogen and oxygen atoms in total. The van der Waals surface area contributed by atoms with Gasteiger partial charge in [-0.2, -0.15) is 26.3 Å². The predicted octanol–water partition coefficient (Wildman–Crippen LogP) is 5.65. The first kappa shape index (κ1) is 29.5. The zero-order chi connectivity index (χ0) is 24.6. The maximum Gasteiger partial charge on any atom is 0.417 e. The third-order valence-corrected chi connectivity index (χ3v) is 6.18. The van der Waals surface area contributed by atoms with Crippen molar-refractivity contribution in [3.63, 3.8) is 0 Å². The average molecular weight is 452 g/mol. The first-order chi connectivity index (χ1) is 12.9. The Hall–Kier alpha value is -0.540. The highest BCUT2D eigenvalue weighted by Crippen LogP contribution is 2.43. The van der Waals surface area contributed by atoms with E-state index in [-0.39, 0.29) is 12.8 Å². The van der Waals surface area contributed by atoms with Gasteiger partial charge in [0.25, 0.3) is 0 Å². The summed E-state index contributed by atoms with van der Waals surface area (Å²) in [5.41, 5.74) is -6.74. The van der Waals surface area contributed by atoms with Crippen LogP contribution in [0.3, 0.4) is 0 Å². The Labute approximate surface area is 176 Å². The minimum Gasteiger partial charge on any atom is -0.380 e. The summed E-state index contributed by atoms with van der Waals surface area (Å²) < 4.78 is 78.5. The highest BCUT2D eigenvalue weighted by Gasteiger charge is 2.55. The Morgan fingerprint density at radius 3 is 1.07 bits per heavy atom. The second-order valence-electron chi connectivity index (χ2n) is 11.0. The zero-order valence-electron chi connectivity index (χ0n) is 19.6. The second kappa shape index (κ2) is 9.14. The SMILES string of the molecule is CC(CC(C)(C)CN(C)CC(C)(C)CC(C)C(C)(O)C(F)(F)F)C(C)(O)C(F)(F)F. The van der Waals surface area contributed by atoms with Gasteiger partial charge in [-0.3, -0.25) is 0 Å². The van der Waals surface area contributed by atoms with Gasteiger partial charge in [0, 0.05) is 13.1 Å². The zero-order valence-corrected chi connectivity index (χ0v) is 19.6. The summed E-state index contributed by atoms with van der Waals surface area (Å²) >= 11 is 0. The van der Waals surface area contributed by atoms with E-state index in [4.69, 9.17) is 0 Å². The summed E-state index contributed by atoms with van der Waals surface area (Å²) in [6, 6.07) is 0. The van der Waals surface area contributed by atoms with E-state index >= 15 is 0 Å². The molecule has 0 rings (SSSR count). The highest BCUT2D eigenvalue weighted by atomic mass is 19.4. The molecule has 0 aromatic rings. The molecule has 0 aliphatic rings. The van der Waals surface area contributed by atoms with Crippen molar-refractivity contribution in [3.8, 4) is 0 Å². The van der Waals surface area contributed by atoms with Gasteiger partial charge in [0.05, 0.1) is 0 Å². The second-order valence-corrected chi connectivity index (χ2v) is 11.0. The van der Waals surface area contributed by atoms with Crippen LogP contribution in [0.25, 0.3) is 0 Å². The van der Waals surface area contributed by atoms with E-state index in [0.717, 1.165) is 13.8 Å². The standard InChI is InChI=1S/C21H39F6NO2/c1-14(18(7,29)20(22,23)24)10-16(3,4)12-28(9)13-17(5,6)11-15(2)19(8,30)21(25,26)27/h14-15,29-30H,10-13H2,1-9H3. The summed E-state index contributed by atoms with van der Waals surface area (Å²) in [6.07, 6.45) is -9.24. The van der Waals surface area contributed by atoms with Crippen LogP contribution in [0, 0.1) is 22.7 Å². The van der Waals surface area contributed by atoms with Gasteiger partial charge < -0.3 is 15.1 Å². The average Bonchev–Trinajstić information content (AvgIpc) is 2.41. The fraction of sp³-hybridized carbons (Fsp3) is 1.00. The van der Waals surface area contributed by atoms with E-state index in [1.807, 2.05) is 4.90 Å². The third kappa shape index (κ3) is 7.86. The van der Waals surface area contributed by atoms with Gasteiger partial charge in [-0.15, -0.1) is 0 Å². The molecular formula is C21H39F6NO2. The van der Waals surface area contributed by atoms with Crippen molar-refractivity contribution >= 4 is 0 Å². The first-order valence-electron chi connectivity index (χ1n) is 10.1. The lowest BCUT2D eigenvalue weighted by Crippen LogP contribution is -2.50. The van der Waals surface area contributed by atoms with Crippen LogP contribution >= 0.6 is 0 Å². The van der Waals surface area contributed by atoms with E-state index in [1.165, 1.54) is 13.8 Å². The van der Waals surface area contributed by atoms with E-state index < -0.39 is 46.2 Å². The van der Waals surface area contributed by atoms with Crippen LogP contribution in [0.4, 0.5) is 26.3 Å². The molecule has 4 atom stereocenters. The number of hydrogen-bond donors (Lipinski definition) is 2. The molecule has 0 aromatic heterocycles. The van der Waals surface area contributed by atoms with Crippen LogP contribution < -0.4 is 0 Å². The van der Waals surface area contributed by atoms with Crippen molar-refractivity contribution < 1.29 is 36.6 Å². The number of halogens is 6. The molecule has 9 heteroatoms. The minimum atomic E-state index is -4.73. The number of nitrogens with zero attached hydrogens (tertiary/aromatic N) is 1. The molecule has 0 spiro atoms. The molecule has 182 valence electrons. The summed E-state index contributed by atoms with van der Waals surface area (Å²) in [7, 11) is 1.77. The molecule has 0 saturated carbocycles. The van der Waals surface area contributed by atoms with Crippen LogP contribution in [0.2, 0.25) is 0 Å². The molecule has 0 bridgehead atoms. The summed E-state index contributed by atoms with van der Waals surface area (Å²) in [4.78, 5) is 1.88. The number of rotatable bonds is 10. The van der Waals surface area contributed by atoms with E-state index in [9.17, 15) is 36.6 Å². The van der Waals surface area contributed by atoms with Gasteiger partial charge in [0.2, 0.25) is 0 Å². The van der Waals surface area contributed by atoms with Crippen LogP contribution in [0.15, 0.2) is 0 Å². The molecule has 0 heterocycles. The highest BCUT2D eigenvalue weighted by molar-refractivity contribution is 4.92. The van der Waals surface area contributed by atoms with Crippen molar-refractivity contribution in [2.75, 3.05) is 20.1 Å². The molecular weight excluding hydrogens is 412 g/mol. The molecule has 0 amide bonds. The monoisotopic (exact) mass is 451 g/mol. The van der Waals surface area contributed by atoms with Gasteiger partial charge in [-0.05, 0) is 56.4 Å². The minimum absolute atomic E-state index is 0.115. The Balaban J connectivity index is 5.07. The van der Waals surface area contributed by atoms with Gasteiger partial charge in [-0.1, -0.05) is 41.5 Å². The molecule has 30 heavy (non-hydrogen) atoms. The predicted molar refractivity (Wildman–Crippen MR) is 106 cm³/mol. The normalized spacial score (nSPS) is 20.6. The lowest BCUT2D eigenvalue weighted by Gasteiger charge is -2.41. The number of aliphatic hydroxyl groups is 2. The summed E-state index contributed by atoms with van der Waals surface area (Å²) in [6.45, 7) is 12.3. The van der Waals surface area contributed by atoms with Crippen molar-refractivity contribution in [1.29, 1.82) is 0 Å². The molecule has 0 aliphatic carbocycles. The Morgan fingerprint density at radius 1 is 0.633 bits per heavy atom. The first-order valence-corrected chi connectivity index (χ1v) is 10.1. The van der Waals surface area contributed by atoms with Crippen LogP contribution in [-0.4, -0.2) is 58.8 Å². The quantitative estimate of drug-likeness (QED) is 0.422. The van der Waals surface area contributed by atoms with E-state index in [1.54, 1.807) is 34.7 Å².